The Morgan fingerprint density at radius 3 is 2.59 bits per heavy atom. The summed E-state index contributed by atoms with van der Waals surface area (Å²) in [7, 11) is 0. The average Bonchev–Trinajstić information content (AvgIpc) is 3.09. The summed E-state index contributed by atoms with van der Waals surface area (Å²) in [4.78, 5) is 27.0. The van der Waals surface area contributed by atoms with E-state index in [0.717, 1.165) is 4.90 Å². The van der Waals surface area contributed by atoms with Crippen LogP contribution in [0.2, 0.25) is 0 Å². The molecule has 0 bridgehead atoms. The summed E-state index contributed by atoms with van der Waals surface area (Å²) in [6.45, 7) is 3.76. The molecule has 0 radical (unpaired) electrons. The van der Waals surface area contributed by atoms with Crippen molar-refractivity contribution in [3.63, 3.8) is 0 Å². The molecule has 2 aliphatic rings. The molecular formula is C21H19F3N2O2S. The predicted molar refractivity (Wildman–Crippen MR) is 105 cm³/mol. The summed E-state index contributed by atoms with van der Waals surface area (Å²) in [6, 6.07) is 8.77. The Labute approximate surface area is 170 Å². The van der Waals surface area contributed by atoms with E-state index in [1.54, 1.807) is 35.7 Å². The summed E-state index contributed by atoms with van der Waals surface area (Å²) >= 11 is 1.23. The van der Waals surface area contributed by atoms with Gasteiger partial charge >= 0.3 is 12.1 Å². The molecule has 1 aromatic carbocycles. The normalized spacial score (nSPS) is 21.2. The van der Waals surface area contributed by atoms with E-state index in [-0.39, 0.29) is 29.9 Å². The summed E-state index contributed by atoms with van der Waals surface area (Å²) in [5.74, 6) is -2.22. The Morgan fingerprint density at radius 2 is 1.93 bits per heavy atom. The second kappa shape index (κ2) is 6.73. The van der Waals surface area contributed by atoms with Crippen LogP contribution in [0.3, 0.4) is 0 Å². The third-order valence-electron chi connectivity index (χ3n) is 5.14. The van der Waals surface area contributed by atoms with Crippen LogP contribution in [0.1, 0.15) is 36.8 Å². The van der Waals surface area contributed by atoms with Gasteiger partial charge in [0.1, 0.15) is 6.04 Å². The van der Waals surface area contributed by atoms with Gasteiger partial charge in [-0.05, 0) is 36.9 Å². The van der Waals surface area contributed by atoms with Gasteiger partial charge in [0.05, 0.1) is 0 Å². The van der Waals surface area contributed by atoms with Crippen LogP contribution in [0.15, 0.2) is 53.0 Å². The van der Waals surface area contributed by atoms with E-state index in [1.807, 2.05) is 13.8 Å². The molecule has 1 aromatic heterocycles. The lowest BCUT2D eigenvalue weighted by molar-refractivity contribution is -0.170. The molecule has 2 aliphatic heterocycles. The largest absolute Gasteiger partial charge is 0.471 e. The van der Waals surface area contributed by atoms with Crippen LogP contribution in [-0.2, 0) is 16.0 Å². The van der Waals surface area contributed by atoms with E-state index < -0.39 is 23.7 Å². The number of fused-ring (bicyclic) bond motifs is 1. The number of ketones is 1. The van der Waals surface area contributed by atoms with Gasteiger partial charge in [-0.1, -0.05) is 24.3 Å². The Hall–Kier alpha value is -2.61. The first-order valence-corrected chi connectivity index (χ1v) is 10.0. The van der Waals surface area contributed by atoms with Crippen molar-refractivity contribution in [2.24, 2.45) is 0 Å². The Morgan fingerprint density at radius 1 is 1.21 bits per heavy atom. The Balaban J connectivity index is 2.02. The topological polar surface area (TPSA) is 49.4 Å². The quantitative estimate of drug-likeness (QED) is 0.737. The number of rotatable bonds is 1. The predicted octanol–water partition coefficient (Wildman–Crippen LogP) is 4.54. The van der Waals surface area contributed by atoms with Gasteiger partial charge in [-0.3, -0.25) is 14.5 Å². The van der Waals surface area contributed by atoms with Gasteiger partial charge < -0.3 is 5.32 Å². The molecule has 4 nitrogen and oxygen atoms in total. The monoisotopic (exact) mass is 420 g/mol. The number of alkyl halides is 3. The van der Waals surface area contributed by atoms with Crippen LogP contribution in [0, 0.1) is 0 Å². The van der Waals surface area contributed by atoms with Crippen LogP contribution in [-0.4, -0.2) is 23.4 Å². The fourth-order valence-electron chi connectivity index (χ4n) is 4.08. The van der Waals surface area contributed by atoms with Crippen molar-refractivity contribution in [2.75, 3.05) is 4.90 Å². The molecule has 0 saturated heterocycles. The molecule has 152 valence electrons. The number of thiophene rings is 1. The molecule has 0 saturated carbocycles. The molecule has 1 N–H and O–H groups in total. The zero-order chi connectivity index (χ0) is 21.0. The highest BCUT2D eigenvalue weighted by Crippen LogP contribution is 2.45. The summed E-state index contributed by atoms with van der Waals surface area (Å²) in [6.07, 6.45) is -4.68. The van der Waals surface area contributed by atoms with E-state index in [1.165, 1.54) is 17.4 Å². The highest BCUT2D eigenvalue weighted by atomic mass is 32.1. The van der Waals surface area contributed by atoms with Crippen molar-refractivity contribution in [1.29, 1.82) is 0 Å². The van der Waals surface area contributed by atoms with E-state index in [2.05, 4.69) is 5.32 Å². The maximum Gasteiger partial charge on any atom is 0.471 e. The number of allylic oxidation sites excluding steroid dienone is 1. The third kappa shape index (κ3) is 3.46. The fourth-order valence-corrected chi connectivity index (χ4v) is 4.90. The lowest BCUT2D eigenvalue weighted by Crippen LogP contribution is -2.49. The number of Topliss-reactive ketones (excluding diaryl/α,β-unsaturated/α-hetero) is 1. The summed E-state index contributed by atoms with van der Waals surface area (Å²) in [5.41, 5.74) is 1.04. The summed E-state index contributed by atoms with van der Waals surface area (Å²) < 4.78 is 40.8. The van der Waals surface area contributed by atoms with Gasteiger partial charge in [0, 0.05) is 40.2 Å². The van der Waals surface area contributed by atoms with Crippen LogP contribution >= 0.6 is 11.3 Å². The van der Waals surface area contributed by atoms with Gasteiger partial charge in [0.2, 0.25) is 0 Å². The van der Waals surface area contributed by atoms with Crippen molar-refractivity contribution in [1.82, 2.24) is 5.32 Å². The van der Waals surface area contributed by atoms with E-state index in [9.17, 15) is 22.8 Å². The van der Waals surface area contributed by atoms with Crippen molar-refractivity contribution in [3.05, 3.63) is 63.5 Å². The number of anilines is 1. The van der Waals surface area contributed by atoms with Gasteiger partial charge in [0.25, 0.3) is 0 Å². The zero-order valence-electron chi connectivity index (χ0n) is 15.8. The Kier molecular flexibility index (Phi) is 4.57. The molecule has 8 heteroatoms. The molecule has 0 fully saturated rings. The van der Waals surface area contributed by atoms with Crippen molar-refractivity contribution < 1.29 is 22.8 Å². The number of para-hydroxylation sites is 1. The van der Waals surface area contributed by atoms with E-state index >= 15 is 0 Å². The minimum atomic E-state index is -5.07. The number of hydrogen-bond donors (Lipinski definition) is 1. The van der Waals surface area contributed by atoms with E-state index in [0.29, 0.717) is 16.1 Å². The second-order valence-corrected chi connectivity index (χ2v) is 8.88. The van der Waals surface area contributed by atoms with E-state index in [4.69, 9.17) is 0 Å². The third-order valence-corrected chi connectivity index (χ3v) is 6.07. The molecule has 0 aliphatic carbocycles. The van der Waals surface area contributed by atoms with Gasteiger partial charge in [0.15, 0.2) is 5.78 Å². The minimum Gasteiger partial charge on any atom is -0.382 e. The smallest absolute Gasteiger partial charge is 0.382 e. The number of hydrogen-bond acceptors (Lipinski definition) is 4. The molecule has 3 heterocycles. The highest BCUT2D eigenvalue weighted by Gasteiger charge is 2.50. The first kappa shape index (κ1) is 19.7. The van der Waals surface area contributed by atoms with Crippen molar-refractivity contribution >= 4 is 28.7 Å². The molecular weight excluding hydrogens is 401 g/mol. The molecule has 1 atom stereocenters. The molecule has 29 heavy (non-hydrogen) atoms. The maximum atomic E-state index is 13.6. The standard InChI is InChI=1S/C21H19F3N2O2S/c1-20(2)11-15(27)17-13(25-20)10-12-6-3-4-7-14(12)26(19(28)21(22,23)24)18(17)16-8-5-9-29-16/h3-9,18,25H,10-11H2,1-2H3. The van der Waals surface area contributed by atoms with Gasteiger partial charge in [-0.2, -0.15) is 13.2 Å². The lowest BCUT2D eigenvalue weighted by Gasteiger charge is -2.38. The van der Waals surface area contributed by atoms with Crippen LogP contribution in [0.5, 0.6) is 0 Å². The van der Waals surface area contributed by atoms with Crippen molar-refractivity contribution in [3.8, 4) is 0 Å². The zero-order valence-corrected chi connectivity index (χ0v) is 16.7. The average molecular weight is 420 g/mol. The highest BCUT2D eigenvalue weighted by molar-refractivity contribution is 7.10. The fraction of sp³-hybridized carbons (Fsp3) is 0.333. The number of carbonyl (C=O) groups excluding carboxylic acids is 2. The Bertz CT molecular complexity index is 1010. The number of halogens is 3. The maximum absolute atomic E-state index is 13.6. The number of benzene rings is 1. The molecule has 1 amide bonds. The van der Waals surface area contributed by atoms with Crippen LogP contribution in [0.4, 0.5) is 18.9 Å². The van der Waals surface area contributed by atoms with Crippen LogP contribution < -0.4 is 10.2 Å². The molecule has 2 aromatic rings. The first-order valence-electron chi connectivity index (χ1n) is 9.14. The number of nitrogens with one attached hydrogen (secondary N) is 1. The molecule has 0 spiro atoms. The first-order chi connectivity index (χ1) is 13.6. The summed E-state index contributed by atoms with van der Waals surface area (Å²) in [5, 5.41) is 5.07. The number of nitrogens with zero attached hydrogens (tertiary/aromatic N) is 1. The molecule has 1 unspecified atom stereocenters. The van der Waals surface area contributed by atoms with Crippen LogP contribution in [0.25, 0.3) is 0 Å². The minimum absolute atomic E-state index is 0.137. The van der Waals surface area contributed by atoms with Gasteiger partial charge in [-0.15, -0.1) is 11.3 Å². The second-order valence-electron chi connectivity index (χ2n) is 7.90. The SMILES string of the molecule is CC1(C)CC(=O)C2=C(Cc3ccccc3N(C(=O)C(F)(F)F)C2c2cccs2)N1. The van der Waals surface area contributed by atoms with Crippen molar-refractivity contribution in [2.45, 2.75) is 44.4 Å². The number of carbonyl (C=O) groups is 2. The number of amides is 1. The lowest BCUT2D eigenvalue weighted by atomic mass is 9.84. The van der Waals surface area contributed by atoms with Gasteiger partial charge in [-0.25, -0.2) is 0 Å². The molecule has 4 rings (SSSR count).